The van der Waals surface area contributed by atoms with Gasteiger partial charge >= 0.3 is 23.9 Å². The van der Waals surface area contributed by atoms with E-state index in [0.29, 0.717) is 111 Å². The molecule has 0 amide bonds. The van der Waals surface area contributed by atoms with Crippen LogP contribution in [0.15, 0.2) is 218 Å². The van der Waals surface area contributed by atoms with Gasteiger partial charge in [-0.2, -0.15) is 0 Å². The molecule has 1 aliphatic rings. The lowest BCUT2D eigenvalue weighted by atomic mass is 9.88. The van der Waals surface area contributed by atoms with Crippen LogP contribution in [0.3, 0.4) is 0 Å². The summed E-state index contributed by atoms with van der Waals surface area (Å²) < 4.78 is 51.6. The van der Waals surface area contributed by atoms with Crippen LogP contribution in [0.1, 0.15) is 63.7 Å². The van der Waals surface area contributed by atoms with Gasteiger partial charge in [-0.1, -0.05) is 194 Å². The molecule has 1 aliphatic heterocycles. The molecule has 12 bridgehead atoms. The van der Waals surface area contributed by atoms with Crippen LogP contribution < -0.4 is 18.9 Å². The molecule has 0 fully saturated rings. The second-order valence-electron chi connectivity index (χ2n) is 22.6. The summed E-state index contributed by atoms with van der Waals surface area (Å²) in [7, 11) is 6.33. The van der Waals surface area contributed by atoms with E-state index in [0.717, 1.165) is 43.1 Å². The van der Waals surface area contributed by atoms with Crippen molar-refractivity contribution in [2.24, 2.45) is 0 Å². The normalized spacial score (nSPS) is 13.3. The van der Waals surface area contributed by atoms with E-state index in [2.05, 4.69) is 0 Å². The Kier molecular flexibility index (Phi) is 14.4. The van der Waals surface area contributed by atoms with Gasteiger partial charge < -0.3 is 37.9 Å². The van der Waals surface area contributed by atoms with E-state index < -0.39 is 23.9 Å². The molecule has 15 rings (SSSR count). The predicted octanol–water partition coefficient (Wildman–Crippen LogP) is 18.0. The van der Waals surface area contributed by atoms with Gasteiger partial charge in [0.15, 0.2) is 0 Å². The van der Waals surface area contributed by atoms with Gasteiger partial charge in [0.1, 0.15) is 49.4 Å². The smallest absolute Gasteiger partial charge is 0.339 e. The number of fused-ring (bicyclic) bond motifs is 24. The van der Waals surface area contributed by atoms with Crippen LogP contribution in [0.4, 0.5) is 0 Å². The molecule has 0 aromatic heterocycles. The van der Waals surface area contributed by atoms with E-state index in [-0.39, 0.29) is 48.7 Å². The van der Waals surface area contributed by atoms with E-state index >= 15 is 19.2 Å². The lowest BCUT2D eigenvalue weighted by Crippen LogP contribution is -2.13. The maximum Gasteiger partial charge on any atom is 0.339 e. The molecule has 14 aromatic carbocycles. The molecule has 0 radical (unpaired) electrons. The summed E-state index contributed by atoms with van der Waals surface area (Å²) in [6.07, 6.45) is 0. The largest absolute Gasteiger partial charge is 0.496 e. The molecular weight excluding hydrogens is 1150 g/mol. The fourth-order valence-corrected chi connectivity index (χ4v) is 13.9. The van der Waals surface area contributed by atoms with Crippen LogP contribution in [0.5, 0.6) is 23.0 Å². The Morgan fingerprint density at radius 2 is 0.391 bits per heavy atom. The first-order chi connectivity index (χ1) is 45.2. The summed E-state index contributed by atoms with van der Waals surface area (Å²) in [6, 6.07) is 68.4. The summed E-state index contributed by atoms with van der Waals surface area (Å²) >= 11 is 0. The maximum atomic E-state index is 15.2. The monoisotopic (exact) mass is 1210 g/mol. The van der Waals surface area contributed by atoms with E-state index in [1.807, 2.05) is 218 Å². The standard InChI is InChI=1S/C80H56O12/c1-85-73-49-37-45-21-5-9-25-53(45)69(73)70-54-26-10-6-22-46(54)38-50(74(70)86-2)42-90-78(82)67-61-33-17-19-35-63(61)68(64-36-20-18-34-62(64)67)80(84)92-44-52-40-48-24-8-12-28-56(48)72(76(52)88-4)71-55-27-11-7-23-47(55)39-51(75(71)87-3)43-91-79(83)66-59-31-15-13-29-57(59)65(77(81)89-41-49)58-30-14-16-32-60(58)66/h5-40H,41-44H2,1-4H3. The number of hydrogen-bond acceptors (Lipinski definition) is 12. The lowest BCUT2D eigenvalue weighted by Gasteiger charge is -2.23. The molecule has 0 saturated heterocycles. The SMILES string of the molecule is COc1c2cc3ccccc3c1-c1c(OC)c(cc3ccccc13)COC(=O)c1c3ccccc3c(c3ccccc13)C(=O)OCc1cc3ccccc3c(c1OC)-c1c(OC)c(cc3ccccc13)COC(=O)c1c3ccccc3c(c3ccccc13)C(=O)OC2. The van der Waals surface area contributed by atoms with Crippen LogP contribution in [0.25, 0.3) is 108 Å². The molecule has 0 saturated carbocycles. The zero-order chi connectivity index (χ0) is 62.7. The average Bonchev–Trinajstić information content (AvgIpc) is 0.778. The minimum atomic E-state index is -0.624. The molecule has 0 atom stereocenters. The van der Waals surface area contributed by atoms with Crippen molar-refractivity contribution in [2.75, 3.05) is 28.4 Å². The number of carbonyl (C=O) groups excluding carboxylic acids is 4. The quantitative estimate of drug-likeness (QED) is 0.0940. The Balaban J connectivity index is 0.947. The summed E-state index contributed by atoms with van der Waals surface area (Å²) in [4.78, 5) is 60.8. The molecular formula is C80H56O12. The van der Waals surface area contributed by atoms with Crippen molar-refractivity contribution in [3.05, 3.63) is 263 Å². The molecule has 448 valence electrons. The summed E-state index contributed by atoms with van der Waals surface area (Å²) in [6.45, 7) is -0.874. The van der Waals surface area contributed by atoms with Crippen molar-refractivity contribution in [1.29, 1.82) is 0 Å². The number of methoxy groups -OCH3 is 4. The number of cyclic esters (lactones) is 4. The molecule has 1 heterocycles. The summed E-state index contributed by atoms with van der Waals surface area (Å²) in [5, 5.41) is 10.5. The highest BCUT2D eigenvalue weighted by atomic mass is 16.5. The highest BCUT2D eigenvalue weighted by molar-refractivity contribution is 6.26. The second kappa shape index (κ2) is 23.3. The van der Waals surface area contributed by atoms with Crippen LogP contribution in [-0.2, 0) is 45.4 Å². The zero-order valence-electron chi connectivity index (χ0n) is 50.5. The summed E-state index contributed by atoms with van der Waals surface area (Å²) in [5.74, 6) is -0.774. The van der Waals surface area contributed by atoms with E-state index in [9.17, 15) is 0 Å². The van der Waals surface area contributed by atoms with E-state index in [1.54, 1.807) is 28.4 Å². The minimum absolute atomic E-state index is 0.218. The van der Waals surface area contributed by atoms with Gasteiger partial charge in [0.2, 0.25) is 0 Å². The van der Waals surface area contributed by atoms with Gasteiger partial charge in [0.05, 0.1) is 50.7 Å². The number of rotatable bonds is 4. The Labute approximate surface area is 527 Å². The molecule has 14 aromatic rings. The second-order valence-corrected chi connectivity index (χ2v) is 22.6. The summed E-state index contributed by atoms with van der Waals surface area (Å²) in [5.41, 5.74) is 6.00. The van der Waals surface area contributed by atoms with Gasteiger partial charge in [-0.05, 0) is 110 Å². The van der Waals surface area contributed by atoms with Crippen molar-refractivity contribution in [2.45, 2.75) is 26.4 Å². The molecule has 0 spiro atoms. The van der Waals surface area contributed by atoms with Gasteiger partial charge in [-0.3, -0.25) is 0 Å². The van der Waals surface area contributed by atoms with E-state index in [1.165, 1.54) is 0 Å². The predicted molar refractivity (Wildman–Crippen MR) is 359 cm³/mol. The lowest BCUT2D eigenvalue weighted by molar-refractivity contribution is 0.0462. The van der Waals surface area contributed by atoms with Crippen molar-refractivity contribution >= 4 is 110 Å². The fourth-order valence-electron chi connectivity index (χ4n) is 13.9. The van der Waals surface area contributed by atoms with Crippen LogP contribution >= 0.6 is 0 Å². The topological polar surface area (TPSA) is 142 Å². The third-order valence-corrected chi connectivity index (χ3v) is 17.7. The van der Waals surface area contributed by atoms with E-state index in [4.69, 9.17) is 37.9 Å². The van der Waals surface area contributed by atoms with Crippen molar-refractivity contribution in [3.63, 3.8) is 0 Å². The Hall–Kier alpha value is -11.8. The number of carbonyl (C=O) groups is 4. The zero-order valence-corrected chi connectivity index (χ0v) is 50.5. The number of esters is 4. The molecule has 0 N–H and O–H groups in total. The highest BCUT2D eigenvalue weighted by Gasteiger charge is 2.31. The number of benzene rings is 14. The molecule has 0 unspecified atom stereocenters. The molecule has 12 nitrogen and oxygen atoms in total. The first kappa shape index (κ1) is 56.7. The van der Waals surface area contributed by atoms with Gasteiger partial charge in [-0.15, -0.1) is 0 Å². The van der Waals surface area contributed by atoms with Crippen LogP contribution in [0, 0.1) is 0 Å². The Morgan fingerprint density at radius 1 is 0.228 bits per heavy atom. The van der Waals surface area contributed by atoms with Crippen molar-refractivity contribution in [3.8, 4) is 45.3 Å². The third-order valence-electron chi connectivity index (χ3n) is 17.7. The van der Waals surface area contributed by atoms with Crippen LogP contribution in [-0.4, -0.2) is 52.3 Å². The number of ether oxygens (including phenoxy) is 8. The fraction of sp³-hybridized carbons (Fsp3) is 0.100. The van der Waals surface area contributed by atoms with Gasteiger partial charge in [-0.25, -0.2) is 19.2 Å². The Morgan fingerprint density at radius 3 is 0.565 bits per heavy atom. The minimum Gasteiger partial charge on any atom is -0.496 e. The molecule has 12 heteroatoms. The molecule has 0 aliphatic carbocycles. The van der Waals surface area contributed by atoms with Crippen molar-refractivity contribution < 1.29 is 57.1 Å². The third kappa shape index (κ3) is 9.28. The van der Waals surface area contributed by atoms with Gasteiger partial charge in [0, 0.05) is 44.5 Å². The van der Waals surface area contributed by atoms with Crippen LogP contribution in [0.2, 0.25) is 0 Å². The first-order valence-corrected chi connectivity index (χ1v) is 30.1. The number of hydrogen-bond donors (Lipinski definition) is 0. The first-order valence-electron chi connectivity index (χ1n) is 30.1. The Bertz CT molecular complexity index is 4670. The maximum absolute atomic E-state index is 15.2. The average molecular weight is 1210 g/mol. The molecule has 92 heavy (non-hydrogen) atoms. The highest BCUT2D eigenvalue weighted by Crippen LogP contribution is 2.51. The van der Waals surface area contributed by atoms with Crippen molar-refractivity contribution in [1.82, 2.24) is 0 Å². The van der Waals surface area contributed by atoms with Gasteiger partial charge in [0.25, 0.3) is 0 Å².